The first kappa shape index (κ1) is 22.3. The average Bonchev–Trinajstić information content (AvgIpc) is 3.37. The minimum atomic E-state index is -0.544. The maximum Gasteiger partial charge on any atom is 0.270 e. The molecule has 10 heteroatoms. The summed E-state index contributed by atoms with van der Waals surface area (Å²) in [4.78, 5) is 31.3. The minimum Gasteiger partial charge on any atom is -0.496 e. The summed E-state index contributed by atoms with van der Waals surface area (Å²) in [6.07, 6.45) is 0. The molecule has 0 aliphatic rings. The Bertz CT molecular complexity index is 1430. The molecule has 2 heterocycles. The van der Waals surface area contributed by atoms with Gasteiger partial charge in [-0.2, -0.15) is 5.26 Å². The number of ether oxygens (including phenoxy) is 1. The normalized spacial score (nSPS) is 10.5. The second-order valence-electron chi connectivity index (χ2n) is 6.81. The van der Waals surface area contributed by atoms with Crippen LogP contribution in [0, 0.1) is 21.4 Å². The number of nitrogens with zero attached hydrogens (tertiary/aromatic N) is 3. The van der Waals surface area contributed by atoms with Gasteiger partial charge in [-0.15, -0.1) is 11.3 Å². The maximum atomic E-state index is 12.6. The second-order valence-corrected chi connectivity index (χ2v) is 8.73. The van der Waals surface area contributed by atoms with E-state index >= 15 is 0 Å². The molecule has 0 saturated heterocycles. The van der Waals surface area contributed by atoms with Gasteiger partial charge in [0, 0.05) is 33.9 Å². The highest BCUT2D eigenvalue weighted by molar-refractivity contribution is 7.98. The van der Waals surface area contributed by atoms with Crippen LogP contribution in [0.3, 0.4) is 0 Å². The van der Waals surface area contributed by atoms with Crippen LogP contribution in [-0.2, 0) is 5.75 Å². The van der Waals surface area contributed by atoms with Gasteiger partial charge >= 0.3 is 0 Å². The third-order valence-corrected chi connectivity index (χ3v) is 6.61. The van der Waals surface area contributed by atoms with Crippen LogP contribution in [0.2, 0.25) is 0 Å². The number of nitrogens with one attached hydrogen (secondary N) is 1. The maximum absolute atomic E-state index is 12.6. The summed E-state index contributed by atoms with van der Waals surface area (Å²) in [7, 11) is 1.58. The number of nitro benzene ring substituents is 1. The van der Waals surface area contributed by atoms with E-state index in [-0.39, 0.29) is 16.9 Å². The second kappa shape index (κ2) is 9.68. The Balaban J connectivity index is 1.72. The number of aromatic amines is 1. The highest BCUT2D eigenvalue weighted by Crippen LogP contribution is 2.37. The van der Waals surface area contributed by atoms with Crippen molar-refractivity contribution in [1.82, 2.24) is 9.97 Å². The highest BCUT2D eigenvalue weighted by atomic mass is 32.2. The van der Waals surface area contributed by atoms with E-state index < -0.39 is 10.5 Å². The van der Waals surface area contributed by atoms with Crippen LogP contribution in [0.4, 0.5) is 5.69 Å². The van der Waals surface area contributed by atoms with Crippen molar-refractivity contribution in [3.05, 3.63) is 91.6 Å². The number of hydrogen-bond donors (Lipinski definition) is 1. The van der Waals surface area contributed by atoms with E-state index in [4.69, 9.17) is 4.74 Å². The molecule has 2 aromatic heterocycles. The van der Waals surface area contributed by atoms with Crippen molar-refractivity contribution in [3.63, 3.8) is 0 Å². The van der Waals surface area contributed by atoms with Crippen LogP contribution in [0.15, 0.2) is 69.9 Å². The van der Waals surface area contributed by atoms with Crippen LogP contribution in [0.1, 0.15) is 11.1 Å². The lowest BCUT2D eigenvalue weighted by Crippen LogP contribution is -2.14. The summed E-state index contributed by atoms with van der Waals surface area (Å²) < 4.78 is 5.48. The summed E-state index contributed by atoms with van der Waals surface area (Å²) in [5.74, 6) is 1.03. The van der Waals surface area contributed by atoms with E-state index in [1.165, 1.54) is 23.9 Å². The number of nitriles is 1. The Hall–Kier alpha value is -3.94. The lowest BCUT2D eigenvalue weighted by atomic mass is 10.0. The number of thioether (sulfide) groups is 1. The van der Waals surface area contributed by atoms with Gasteiger partial charge in [-0.1, -0.05) is 30.0 Å². The fourth-order valence-electron chi connectivity index (χ4n) is 3.22. The molecule has 0 radical (unpaired) electrons. The molecule has 2 aromatic carbocycles. The molecule has 4 aromatic rings. The van der Waals surface area contributed by atoms with Crippen molar-refractivity contribution in [2.45, 2.75) is 10.9 Å². The number of benzene rings is 2. The van der Waals surface area contributed by atoms with Crippen LogP contribution in [-0.4, -0.2) is 22.0 Å². The summed E-state index contributed by atoms with van der Waals surface area (Å²) in [5.41, 5.74) is 1.79. The smallest absolute Gasteiger partial charge is 0.270 e. The number of rotatable bonds is 7. The number of non-ortho nitro benzene ring substituents is 1. The third-order valence-electron chi connectivity index (χ3n) is 4.77. The molecule has 0 fully saturated rings. The molecule has 33 heavy (non-hydrogen) atoms. The SMILES string of the molecule is COc1ccc(-c2nc(SCc3cccc([N+](=O)[O-])c3)[nH]c(=O)c2C#N)cc1-c1cccs1. The monoisotopic (exact) mass is 476 g/mol. The average molecular weight is 477 g/mol. The Morgan fingerprint density at radius 3 is 2.79 bits per heavy atom. The van der Waals surface area contributed by atoms with Gasteiger partial charge in [0.05, 0.1) is 17.7 Å². The van der Waals surface area contributed by atoms with E-state index in [1.54, 1.807) is 42.7 Å². The molecule has 8 nitrogen and oxygen atoms in total. The first-order valence-corrected chi connectivity index (χ1v) is 11.5. The first-order chi connectivity index (χ1) is 16.0. The molecule has 0 aliphatic heterocycles. The molecule has 0 unspecified atom stereocenters. The van der Waals surface area contributed by atoms with Gasteiger partial charge in [-0.25, -0.2) is 4.98 Å². The van der Waals surface area contributed by atoms with Crippen molar-refractivity contribution >= 4 is 28.8 Å². The standard InChI is InChI=1S/C23H16N4O4S2/c1-31-19-8-7-15(11-17(19)20-6-3-9-32-20)21-18(12-24)22(28)26-23(25-21)33-13-14-4-2-5-16(10-14)27(29)30/h2-11H,13H2,1H3,(H,25,26,28). The fraction of sp³-hybridized carbons (Fsp3) is 0.0870. The molecule has 0 aliphatic carbocycles. The van der Waals surface area contributed by atoms with Gasteiger partial charge in [0.2, 0.25) is 0 Å². The van der Waals surface area contributed by atoms with Crippen molar-refractivity contribution in [3.8, 4) is 33.5 Å². The van der Waals surface area contributed by atoms with Crippen LogP contribution >= 0.6 is 23.1 Å². The fourth-order valence-corrected chi connectivity index (χ4v) is 4.78. The van der Waals surface area contributed by atoms with Crippen molar-refractivity contribution in [1.29, 1.82) is 5.26 Å². The van der Waals surface area contributed by atoms with Crippen molar-refractivity contribution in [2.24, 2.45) is 0 Å². The van der Waals surface area contributed by atoms with Gasteiger partial charge < -0.3 is 9.72 Å². The molecule has 0 saturated carbocycles. The molecule has 164 valence electrons. The van der Waals surface area contributed by atoms with Gasteiger partial charge in [0.15, 0.2) is 5.16 Å². The zero-order valence-corrected chi connectivity index (χ0v) is 18.9. The molecule has 0 amide bonds. The molecule has 0 bridgehead atoms. The van der Waals surface area contributed by atoms with Gasteiger partial charge in [0.1, 0.15) is 17.4 Å². The third kappa shape index (κ3) is 4.79. The van der Waals surface area contributed by atoms with Gasteiger partial charge in [-0.3, -0.25) is 14.9 Å². The number of methoxy groups -OCH3 is 1. The van der Waals surface area contributed by atoms with Crippen LogP contribution in [0.5, 0.6) is 5.75 Å². The summed E-state index contributed by atoms with van der Waals surface area (Å²) in [5, 5.41) is 22.9. The predicted octanol–water partition coefficient (Wildman–Crippen LogP) is 5.25. The van der Waals surface area contributed by atoms with E-state index in [1.807, 2.05) is 29.6 Å². The molecule has 0 spiro atoms. The Morgan fingerprint density at radius 1 is 1.24 bits per heavy atom. The quantitative estimate of drug-likeness (QED) is 0.167. The molecular formula is C23H16N4O4S2. The lowest BCUT2D eigenvalue weighted by Gasteiger charge is -2.11. The minimum absolute atomic E-state index is 0.00518. The summed E-state index contributed by atoms with van der Waals surface area (Å²) >= 11 is 2.77. The number of hydrogen-bond acceptors (Lipinski definition) is 8. The topological polar surface area (TPSA) is 122 Å². The number of H-pyrrole nitrogens is 1. The summed E-state index contributed by atoms with van der Waals surface area (Å²) in [6, 6.07) is 17.5. The molecule has 0 atom stereocenters. The largest absolute Gasteiger partial charge is 0.496 e. The van der Waals surface area contributed by atoms with Gasteiger partial charge in [-0.05, 0) is 35.2 Å². The predicted molar refractivity (Wildman–Crippen MR) is 128 cm³/mol. The Labute approximate surface area is 196 Å². The Morgan fingerprint density at radius 2 is 2.09 bits per heavy atom. The lowest BCUT2D eigenvalue weighted by molar-refractivity contribution is -0.384. The Kier molecular flexibility index (Phi) is 6.53. The first-order valence-electron chi connectivity index (χ1n) is 9.63. The zero-order valence-electron chi connectivity index (χ0n) is 17.3. The molecular weight excluding hydrogens is 460 g/mol. The van der Waals surface area contributed by atoms with Gasteiger partial charge in [0.25, 0.3) is 11.2 Å². The highest BCUT2D eigenvalue weighted by Gasteiger charge is 2.17. The summed E-state index contributed by atoms with van der Waals surface area (Å²) in [6.45, 7) is 0. The van der Waals surface area contributed by atoms with E-state index in [2.05, 4.69) is 9.97 Å². The van der Waals surface area contributed by atoms with Crippen molar-refractivity contribution < 1.29 is 9.66 Å². The van der Waals surface area contributed by atoms with E-state index in [9.17, 15) is 20.2 Å². The van der Waals surface area contributed by atoms with E-state index in [0.29, 0.717) is 27.8 Å². The zero-order chi connectivity index (χ0) is 23.4. The van der Waals surface area contributed by atoms with Crippen molar-refractivity contribution in [2.75, 3.05) is 7.11 Å². The number of aromatic nitrogens is 2. The van der Waals surface area contributed by atoms with Crippen LogP contribution < -0.4 is 10.3 Å². The number of nitro groups is 1. The molecule has 1 N–H and O–H groups in total. The van der Waals surface area contributed by atoms with Crippen LogP contribution in [0.25, 0.3) is 21.7 Å². The molecule has 4 rings (SSSR count). The number of thiophene rings is 1. The van der Waals surface area contributed by atoms with E-state index in [0.717, 1.165) is 10.4 Å².